The minimum atomic E-state index is -4.00. The largest absolute Gasteiger partial charge is 0.507 e. The van der Waals surface area contributed by atoms with Crippen molar-refractivity contribution < 1.29 is 31.5 Å². The van der Waals surface area contributed by atoms with E-state index in [1.54, 1.807) is 0 Å². The zero-order chi connectivity index (χ0) is 16.3. The van der Waals surface area contributed by atoms with Crippen LogP contribution in [0.15, 0.2) is 23.1 Å². The Kier molecular flexibility index (Phi) is 5.31. The third kappa shape index (κ3) is 4.99. The van der Waals surface area contributed by atoms with Gasteiger partial charge in [-0.15, -0.1) is 0 Å². The third-order valence-corrected chi connectivity index (χ3v) is 4.85. The van der Waals surface area contributed by atoms with E-state index in [1.807, 2.05) is 0 Å². The van der Waals surface area contributed by atoms with Gasteiger partial charge in [-0.1, -0.05) is 0 Å². The predicted octanol–water partition coefficient (Wildman–Crippen LogP) is -0.498. The number of hydrogen-bond donors (Lipinski definition) is 2. The number of phenolic OH excluding ortho intramolecular Hbond substituents is 1. The molecule has 0 aliphatic carbocycles. The molecule has 0 saturated heterocycles. The van der Waals surface area contributed by atoms with Gasteiger partial charge in [0.1, 0.15) is 21.2 Å². The number of ether oxygens (including phenoxy) is 1. The number of sulfone groups is 1. The minimum absolute atomic E-state index is 0.283. The Bertz CT molecular complexity index is 738. The lowest BCUT2D eigenvalue weighted by atomic mass is 10.2. The molecule has 0 saturated carbocycles. The van der Waals surface area contributed by atoms with Gasteiger partial charge in [-0.05, 0) is 18.2 Å². The molecule has 0 bridgehead atoms. The van der Waals surface area contributed by atoms with Gasteiger partial charge in [0, 0.05) is 12.8 Å². The Hall–Kier alpha value is -1.65. The second kappa shape index (κ2) is 6.41. The summed E-state index contributed by atoms with van der Waals surface area (Å²) in [4.78, 5) is 11.1. The fourth-order valence-electron chi connectivity index (χ4n) is 1.40. The first kappa shape index (κ1) is 17.4. The molecule has 0 unspecified atom stereocenters. The van der Waals surface area contributed by atoms with Crippen LogP contribution in [0, 0.1) is 0 Å². The third-order valence-electron chi connectivity index (χ3n) is 2.45. The molecule has 0 radical (unpaired) electrons. The van der Waals surface area contributed by atoms with Gasteiger partial charge in [-0.25, -0.2) is 26.4 Å². The molecule has 21 heavy (non-hydrogen) atoms. The number of aromatic hydroxyl groups is 1. The number of benzene rings is 1. The molecular weight excluding hydrogens is 322 g/mol. The first-order valence-corrected chi connectivity index (χ1v) is 9.20. The summed E-state index contributed by atoms with van der Waals surface area (Å²) >= 11 is 0. The van der Waals surface area contributed by atoms with Crippen LogP contribution < -0.4 is 4.72 Å². The number of methoxy groups -OCH3 is 1. The maximum absolute atomic E-state index is 12.0. The lowest BCUT2D eigenvalue weighted by Crippen LogP contribution is -2.29. The number of phenols is 1. The fraction of sp³-hybridized carbons (Fsp3) is 0.364. The smallest absolute Gasteiger partial charge is 0.341 e. The molecule has 1 aromatic rings. The number of esters is 1. The molecule has 10 heteroatoms. The van der Waals surface area contributed by atoms with Crippen molar-refractivity contribution >= 4 is 25.8 Å². The van der Waals surface area contributed by atoms with Crippen LogP contribution in [0.4, 0.5) is 0 Å². The quantitative estimate of drug-likeness (QED) is 0.670. The second-order valence-corrected chi connectivity index (χ2v) is 8.22. The van der Waals surface area contributed by atoms with Crippen molar-refractivity contribution in [3.8, 4) is 5.75 Å². The van der Waals surface area contributed by atoms with Crippen LogP contribution in [-0.4, -0.2) is 53.6 Å². The lowest BCUT2D eigenvalue weighted by Gasteiger charge is -2.08. The molecule has 0 aliphatic heterocycles. The minimum Gasteiger partial charge on any atom is -0.507 e. The van der Waals surface area contributed by atoms with E-state index in [2.05, 4.69) is 9.46 Å². The van der Waals surface area contributed by atoms with Crippen molar-refractivity contribution in [2.45, 2.75) is 4.90 Å². The summed E-state index contributed by atoms with van der Waals surface area (Å²) in [5.74, 6) is -1.66. The number of carbonyl (C=O) groups excluding carboxylic acids is 1. The average molecular weight is 337 g/mol. The zero-order valence-corrected chi connectivity index (χ0v) is 13.0. The van der Waals surface area contributed by atoms with Gasteiger partial charge in [-0.3, -0.25) is 0 Å². The van der Waals surface area contributed by atoms with Crippen molar-refractivity contribution in [1.82, 2.24) is 4.72 Å². The summed E-state index contributed by atoms with van der Waals surface area (Å²) < 4.78 is 52.3. The van der Waals surface area contributed by atoms with Crippen molar-refractivity contribution in [1.29, 1.82) is 0 Å². The van der Waals surface area contributed by atoms with E-state index in [4.69, 9.17) is 0 Å². The SMILES string of the molecule is COC(=O)c1cc(S(=O)(=O)NCCS(C)(=O)=O)ccc1O. The number of rotatable bonds is 6. The van der Waals surface area contributed by atoms with E-state index < -0.39 is 31.6 Å². The monoisotopic (exact) mass is 337 g/mol. The summed E-state index contributed by atoms with van der Waals surface area (Å²) in [6, 6.07) is 3.08. The zero-order valence-electron chi connectivity index (χ0n) is 11.4. The first-order chi connectivity index (χ1) is 9.57. The molecule has 2 N–H and O–H groups in total. The maximum atomic E-state index is 12.0. The van der Waals surface area contributed by atoms with Crippen molar-refractivity contribution in [2.75, 3.05) is 25.7 Å². The number of carbonyl (C=O) groups is 1. The van der Waals surface area contributed by atoms with Crippen LogP contribution in [0.25, 0.3) is 0 Å². The molecule has 0 spiro atoms. The summed E-state index contributed by atoms with van der Waals surface area (Å²) in [5.41, 5.74) is -0.302. The van der Waals surface area contributed by atoms with Crippen LogP contribution in [0.5, 0.6) is 5.75 Å². The van der Waals surface area contributed by atoms with Gasteiger partial charge in [-0.2, -0.15) is 0 Å². The van der Waals surface area contributed by atoms with E-state index in [1.165, 1.54) is 0 Å². The van der Waals surface area contributed by atoms with Crippen molar-refractivity contribution in [3.05, 3.63) is 23.8 Å². The number of sulfonamides is 1. The highest BCUT2D eigenvalue weighted by atomic mass is 32.2. The molecule has 0 atom stereocenters. The summed E-state index contributed by atoms with van der Waals surface area (Å²) in [5, 5.41) is 9.49. The molecule has 1 aromatic carbocycles. The van der Waals surface area contributed by atoms with Gasteiger partial charge < -0.3 is 9.84 Å². The molecule has 0 aliphatic rings. The molecule has 0 fully saturated rings. The molecule has 0 amide bonds. The normalized spacial score (nSPS) is 12.1. The van der Waals surface area contributed by atoms with E-state index in [0.717, 1.165) is 31.6 Å². The molecule has 0 heterocycles. The van der Waals surface area contributed by atoms with Gasteiger partial charge >= 0.3 is 5.97 Å². The van der Waals surface area contributed by atoms with E-state index in [9.17, 15) is 26.7 Å². The highest BCUT2D eigenvalue weighted by molar-refractivity contribution is 7.91. The Morgan fingerprint density at radius 3 is 2.43 bits per heavy atom. The lowest BCUT2D eigenvalue weighted by molar-refractivity contribution is 0.0597. The summed E-state index contributed by atoms with van der Waals surface area (Å²) in [7, 11) is -6.21. The van der Waals surface area contributed by atoms with E-state index in [-0.39, 0.29) is 22.8 Å². The number of hydrogen-bond acceptors (Lipinski definition) is 7. The highest BCUT2D eigenvalue weighted by Gasteiger charge is 2.19. The highest BCUT2D eigenvalue weighted by Crippen LogP contribution is 2.21. The van der Waals surface area contributed by atoms with Gasteiger partial charge in [0.2, 0.25) is 10.0 Å². The molecule has 0 aromatic heterocycles. The first-order valence-electron chi connectivity index (χ1n) is 5.65. The Labute approximate surface area is 122 Å². The molecule has 8 nitrogen and oxygen atoms in total. The number of nitrogens with one attached hydrogen (secondary N) is 1. The molecular formula is C11H15NO7S2. The Morgan fingerprint density at radius 1 is 1.29 bits per heavy atom. The maximum Gasteiger partial charge on any atom is 0.341 e. The van der Waals surface area contributed by atoms with Gasteiger partial charge in [0.25, 0.3) is 0 Å². The van der Waals surface area contributed by atoms with Gasteiger partial charge in [0.05, 0.1) is 17.8 Å². The Morgan fingerprint density at radius 2 is 1.90 bits per heavy atom. The van der Waals surface area contributed by atoms with Crippen molar-refractivity contribution in [2.24, 2.45) is 0 Å². The van der Waals surface area contributed by atoms with Crippen LogP contribution >= 0.6 is 0 Å². The van der Waals surface area contributed by atoms with E-state index in [0.29, 0.717) is 0 Å². The standard InChI is InChI=1S/C11H15NO7S2/c1-19-11(14)9-7-8(3-4-10(9)13)21(17,18)12-5-6-20(2,15)16/h3-4,7,12-13H,5-6H2,1-2H3. The second-order valence-electron chi connectivity index (χ2n) is 4.20. The van der Waals surface area contributed by atoms with Gasteiger partial charge in [0.15, 0.2) is 0 Å². The van der Waals surface area contributed by atoms with Crippen LogP contribution in [0.1, 0.15) is 10.4 Å². The topological polar surface area (TPSA) is 127 Å². The van der Waals surface area contributed by atoms with Crippen molar-refractivity contribution in [3.63, 3.8) is 0 Å². The van der Waals surface area contributed by atoms with Crippen LogP contribution in [-0.2, 0) is 24.6 Å². The van der Waals surface area contributed by atoms with Crippen LogP contribution in [0.3, 0.4) is 0 Å². The molecule has 1 rings (SSSR count). The fourth-order valence-corrected chi connectivity index (χ4v) is 3.06. The Balaban J connectivity index is 3.01. The predicted molar refractivity (Wildman–Crippen MR) is 74.3 cm³/mol. The summed E-state index contributed by atoms with van der Waals surface area (Å²) in [6.45, 7) is -0.296. The molecule has 118 valence electrons. The van der Waals surface area contributed by atoms with E-state index >= 15 is 0 Å². The summed E-state index contributed by atoms with van der Waals surface area (Å²) in [6.07, 6.45) is 0.983. The van der Waals surface area contributed by atoms with Crippen LogP contribution in [0.2, 0.25) is 0 Å². The average Bonchev–Trinajstić information content (AvgIpc) is 2.36.